The van der Waals surface area contributed by atoms with Crippen molar-refractivity contribution in [1.29, 1.82) is 0 Å². The molecule has 0 fully saturated rings. The second-order valence-electron chi connectivity index (χ2n) is 7.79. The van der Waals surface area contributed by atoms with Crippen LogP contribution in [0.3, 0.4) is 0 Å². The number of amides is 3. The number of hydrogen-bond donors (Lipinski definition) is 3. The van der Waals surface area contributed by atoms with Crippen molar-refractivity contribution >= 4 is 69.0 Å². The van der Waals surface area contributed by atoms with Crippen LogP contribution < -0.4 is 16.4 Å². The van der Waals surface area contributed by atoms with E-state index in [1.807, 2.05) is 12.1 Å². The van der Waals surface area contributed by atoms with Gasteiger partial charge in [0.05, 0.1) is 22.6 Å². The van der Waals surface area contributed by atoms with Crippen LogP contribution in [0.4, 0.5) is 5.13 Å². The van der Waals surface area contributed by atoms with Gasteiger partial charge in [0, 0.05) is 34.1 Å². The largest absolute Gasteiger partial charge is 0.370 e. The fraction of sp³-hybridized carbons (Fsp3) is 0.125. The number of nitrogens with zero attached hydrogens (tertiary/aromatic N) is 3. The predicted molar refractivity (Wildman–Crippen MR) is 145 cm³/mol. The van der Waals surface area contributed by atoms with Crippen molar-refractivity contribution in [2.75, 3.05) is 11.9 Å². The number of rotatable bonds is 8. The van der Waals surface area contributed by atoms with E-state index in [1.165, 1.54) is 6.20 Å². The van der Waals surface area contributed by atoms with Crippen LogP contribution in [0.25, 0.3) is 16.9 Å². The molecule has 4 rings (SSSR count). The minimum absolute atomic E-state index is 0.0175. The number of thiazole rings is 1. The molecule has 4 aromatic rings. The third-order valence-corrected chi connectivity index (χ3v) is 6.90. The van der Waals surface area contributed by atoms with Crippen LogP contribution in [0.2, 0.25) is 15.1 Å². The standard InChI is InChI=1S/C24H19Cl3N6O3S/c1-12-20(23(36)31-24-30-11-18(37-24)22(35)29-9-8-19(28)34)32-33(17-7-6-15(26)10-16(17)27)21(12)13-2-4-14(25)5-3-13/h2-7,10-11H,8-9H2,1H3,(H2,28,34)(H,29,35)(H,30,31,36). The topological polar surface area (TPSA) is 132 Å². The fourth-order valence-electron chi connectivity index (χ4n) is 3.47. The molecule has 0 spiro atoms. The summed E-state index contributed by atoms with van der Waals surface area (Å²) in [4.78, 5) is 40.7. The molecule has 0 radical (unpaired) electrons. The highest BCUT2D eigenvalue weighted by molar-refractivity contribution is 7.17. The van der Waals surface area contributed by atoms with Gasteiger partial charge in [0.2, 0.25) is 5.91 Å². The number of carbonyl (C=O) groups excluding carboxylic acids is 3. The summed E-state index contributed by atoms with van der Waals surface area (Å²) in [7, 11) is 0. The lowest BCUT2D eigenvalue weighted by atomic mass is 10.1. The molecule has 0 aliphatic heterocycles. The third kappa shape index (κ3) is 6.11. The van der Waals surface area contributed by atoms with Gasteiger partial charge >= 0.3 is 0 Å². The highest BCUT2D eigenvalue weighted by atomic mass is 35.5. The molecule has 0 atom stereocenters. The molecule has 37 heavy (non-hydrogen) atoms. The van der Waals surface area contributed by atoms with Crippen molar-refractivity contribution < 1.29 is 14.4 Å². The van der Waals surface area contributed by atoms with Gasteiger partial charge in [-0.15, -0.1) is 0 Å². The molecule has 0 saturated heterocycles. The summed E-state index contributed by atoms with van der Waals surface area (Å²) in [5.74, 6) is -1.47. The average Bonchev–Trinajstić information content (AvgIpc) is 3.44. The van der Waals surface area contributed by atoms with E-state index in [4.69, 9.17) is 40.5 Å². The van der Waals surface area contributed by atoms with E-state index in [9.17, 15) is 14.4 Å². The maximum atomic E-state index is 13.2. The molecule has 9 nitrogen and oxygen atoms in total. The van der Waals surface area contributed by atoms with E-state index in [0.29, 0.717) is 32.0 Å². The minimum Gasteiger partial charge on any atom is -0.370 e. The SMILES string of the molecule is Cc1c(C(=O)Nc2ncc(C(=O)NCCC(N)=O)s2)nn(-c2ccc(Cl)cc2Cl)c1-c1ccc(Cl)cc1. The van der Waals surface area contributed by atoms with Gasteiger partial charge in [0.1, 0.15) is 4.88 Å². The summed E-state index contributed by atoms with van der Waals surface area (Å²) >= 11 is 19.6. The number of anilines is 1. The van der Waals surface area contributed by atoms with E-state index in [-0.39, 0.29) is 28.7 Å². The lowest BCUT2D eigenvalue weighted by molar-refractivity contribution is -0.117. The molecule has 3 amide bonds. The Morgan fingerprint density at radius 3 is 2.41 bits per heavy atom. The molecule has 2 aromatic heterocycles. The van der Waals surface area contributed by atoms with Gasteiger partial charge in [-0.05, 0) is 37.3 Å². The first-order valence-corrected chi connectivity index (χ1v) is 12.7. The first-order valence-electron chi connectivity index (χ1n) is 10.8. The summed E-state index contributed by atoms with van der Waals surface area (Å²) in [6.45, 7) is 1.87. The molecule has 0 bridgehead atoms. The molecule has 0 saturated carbocycles. The second kappa shape index (κ2) is 11.3. The normalized spacial score (nSPS) is 10.8. The van der Waals surface area contributed by atoms with Gasteiger partial charge in [-0.25, -0.2) is 9.67 Å². The van der Waals surface area contributed by atoms with E-state index in [1.54, 1.807) is 41.9 Å². The van der Waals surface area contributed by atoms with Crippen molar-refractivity contribution in [3.8, 4) is 16.9 Å². The second-order valence-corrected chi connectivity index (χ2v) is 10.1. The van der Waals surface area contributed by atoms with Crippen molar-refractivity contribution in [3.05, 3.63) is 79.9 Å². The van der Waals surface area contributed by atoms with Crippen LogP contribution in [-0.2, 0) is 4.79 Å². The Kier molecular flexibility index (Phi) is 8.13. The minimum atomic E-state index is -0.523. The van der Waals surface area contributed by atoms with Crippen LogP contribution in [0.1, 0.15) is 32.1 Å². The Bertz CT molecular complexity index is 1500. The van der Waals surface area contributed by atoms with Gasteiger partial charge in [-0.2, -0.15) is 5.10 Å². The fourth-order valence-corrected chi connectivity index (χ4v) is 4.81. The monoisotopic (exact) mass is 576 g/mol. The maximum Gasteiger partial charge on any atom is 0.278 e. The zero-order valence-corrected chi connectivity index (χ0v) is 22.3. The van der Waals surface area contributed by atoms with Crippen molar-refractivity contribution in [2.45, 2.75) is 13.3 Å². The maximum absolute atomic E-state index is 13.2. The summed E-state index contributed by atoms with van der Waals surface area (Å²) in [5.41, 5.74) is 7.74. The Balaban J connectivity index is 1.65. The van der Waals surface area contributed by atoms with Gasteiger partial charge < -0.3 is 11.1 Å². The van der Waals surface area contributed by atoms with E-state index < -0.39 is 17.7 Å². The lowest BCUT2D eigenvalue weighted by Crippen LogP contribution is -2.27. The van der Waals surface area contributed by atoms with Crippen LogP contribution in [0.15, 0.2) is 48.7 Å². The lowest BCUT2D eigenvalue weighted by Gasteiger charge is -2.11. The highest BCUT2D eigenvalue weighted by Crippen LogP contribution is 2.33. The first kappa shape index (κ1) is 26.6. The molecule has 0 aliphatic rings. The van der Waals surface area contributed by atoms with Crippen molar-refractivity contribution in [3.63, 3.8) is 0 Å². The van der Waals surface area contributed by atoms with Gasteiger partial charge in [0.25, 0.3) is 11.8 Å². The van der Waals surface area contributed by atoms with Gasteiger partial charge in [-0.3, -0.25) is 19.7 Å². The molecule has 2 heterocycles. The molecular weight excluding hydrogens is 559 g/mol. The Morgan fingerprint density at radius 2 is 1.73 bits per heavy atom. The van der Waals surface area contributed by atoms with Gasteiger partial charge in [-0.1, -0.05) is 58.3 Å². The summed E-state index contributed by atoms with van der Waals surface area (Å²) in [6, 6.07) is 12.1. The van der Waals surface area contributed by atoms with E-state index >= 15 is 0 Å². The molecule has 4 N–H and O–H groups in total. The van der Waals surface area contributed by atoms with Gasteiger partial charge in [0.15, 0.2) is 10.8 Å². The number of halogens is 3. The average molecular weight is 578 g/mol. The number of primary amides is 1. The van der Waals surface area contributed by atoms with Crippen LogP contribution in [0, 0.1) is 6.92 Å². The summed E-state index contributed by atoms with van der Waals surface area (Å²) < 4.78 is 1.58. The number of hydrogen-bond acceptors (Lipinski definition) is 6. The molecule has 2 aromatic carbocycles. The Morgan fingerprint density at radius 1 is 1.03 bits per heavy atom. The quantitative estimate of drug-likeness (QED) is 0.267. The van der Waals surface area contributed by atoms with Crippen molar-refractivity contribution in [2.24, 2.45) is 5.73 Å². The summed E-state index contributed by atoms with van der Waals surface area (Å²) in [6.07, 6.45) is 1.35. The van der Waals surface area contributed by atoms with Crippen LogP contribution in [0.5, 0.6) is 0 Å². The number of carbonyl (C=O) groups is 3. The Labute approximate surface area is 230 Å². The molecule has 0 aliphatic carbocycles. The van der Waals surface area contributed by atoms with Crippen LogP contribution >= 0.6 is 46.1 Å². The van der Waals surface area contributed by atoms with Crippen molar-refractivity contribution in [1.82, 2.24) is 20.1 Å². The predicted octanol–water partition coefficient (Wildman–Crippen LogP) is 5.12. The zero-order valence-electron chi connectivity index (χ0n) is 19.2. The molecule has 190 valence electrons. The summed E-state index contributed by atoms with van der Waals surface area (Å²) in [5, 5.41) is 11.4. The zero-order chi connectivity index (χ0) is 26.7. The molecule has 13 heteroatoms. The molecule has 0 unspecified atom stereocenters. The highest BCUT2D eigenvalue weighted by Gasteiger charge is 2.24. The number of benzene rings is 2. The van der Waals surface area contributed by atoms with E-state index in [2.05, 4.69) is 20.7 Å². The van der Waals surface area contributed by atoms with Crippen LogP contribution in [-0.4, -0.2) is 39.0 Å². The number of nitrogens with two attached hydrogens (primary N) is 1. The Hall–Kier alpha value is -3.44. The van der Waals surface area contributed by atoms with E-state index in [0.717, 1.165) is 16.9 Å². The smallest absolute Gasteiger partial charge is 0.278 e. The number of nitrogens with one attached hydrogen (secondary N) is 2. The number of aromatic nitrogens is 3. The first-order chi connectivity index (χ1) is 17.6. The third-order valence-electron chi connectivity index (χ3n) is 5.20. The molecular formula is C24H19Cl3N6O3S.